The highest BCUT2D eigenvalue weighted by Gasteiger charge is 2.28. The minimum Gasteiger partial charge on any atom is -0.497 e. The lowest BCUT2D eigenvalue weighted by atomic mass is 10.1. The van der Waals surface area contributed by atoms with Crippen molar-refractivity contribution in [3.05, 3.63) is 59.2 Å². The van der Waals surface area contributed by atoms with Crippen LogP contribution in [0.3, 0.4) is 0 Å². The number of hydrogen-bond acceptors (Lipinski definition) is 4. The standard InChI is InChI=1S/C24H32N2O4/c1-6-22(24(28)25-7-2)26(15-19-9-8-10-20(14-19)29-5)23(27)16-30-21-12-17(3)11-18(4)13-21/h8-14,22H,6-7,15-16H2,1-5H3,(H,25,28)/t22-/m1/s1. The van der Waals surface area contributed by atoms with E-state index in [2.05, 4.69) is 5.32 Å². The molecule has 0 fully saturated rings. The van der Waals surface area contributed by atoms with Crippen molar-refractivity contribution in [2.24, 2.45) is 0 Å². The summed E-state index contributed by atoms with van der Waals surface area (Å²) >= 11 is 0. The van der Waals surface area contributed by atoms with Gasteiger partial charge in [-0.1, -0.05) is 25.1 Å². The summed E-state index contributed by atoms with van der Waals surface area (Å²) in [5.41, 5.74) is 3.02. The van der Waals surface area contributed by atoms with Crippen molar-refractivity contribution >= 4 is 11.8 Å². The maximum atomic E-state index is 13.1. The first-order valence-corrected chi connectivity index (χ1v) is 10.3. The first kappa shape index (κ1) is 23.3. The highest BCUT2D eigenvalue weighted by molar-refractivity contribution is 5.88. The molecule has 1 N–H and O–H groups in total. The maximum absolute atomic E-state index is 13.1. The molecule has 0 spiro atoms. The number of methoxy groups -OCH3 is 1. The van der Waals surface area contributed by atoms with Crippen LogP contribution in [0.1, 0.15) is 37.0 Å². The highest BCUT2D eigenvalue weighted by Crippen LogP contribution is 2.19. The molecule has 2 aromatic carbocycles. The van der Waals surface area contributed by atoms with Gasteiger partial charge in [-0.2, -0.15) is 0 Å². The summed E-state index contributed by atoms with van der Waals surface area (Å²) < 4.78 is 11.1. The molecule has 0 radical (unpaired) electrons. The molecule has 2 amide bonds. The molecule has 0 saturated carbocycles. The summed E-state index contributed by atoms with van der Waals surface area (Å²) in [6, 6.07) is 12.8. The third-order valence-corrected chi connectivity index (χ3v) is 4.78. The molecule has 0 aromatic heterocycles. The van der Waals surface area contributed by atoms with E-state index >= 15 is 0 Å². The molecule has 0 saturated heterocycles. The van der Waals surface area contributed by atoms with E-state index in [1.165, 1.54) is 0 Å². The van der Waals surface area contributed by atoms with Crippen LogP contribution in [0.5, 0.6) is 11.5 Å². The Morgan fingerprint density at radius 2 is 1.73 bits per heavy atom. The number of ether oxygens (including phenoxy) is 2. The average molecular weight is 413 g/mol. The molecular formula is C24H32N2O4. The molecule has 0 aliphatic heterocycles. The Bertz CT molecular complexity index is 846. The van der Waals surface area contributed by atoms with Gasteiger partial charge in [0.1, 0.15) is 17.5 Å². The second-order valence-electron chi connectivity index (χ2n) is 7.30. The molecule has 2 aromatic rings. The number of carbonyl (C=O) groups is 2. The van der Waals surface area contributed by atoms with Gasteiger partial charge >= 0.3 is 0 Å². The molecule has 0 bridgehead atoms. The minimum absolute atomic E-state index is 0.136. The zero-order chi connectivity index (χ0) is 22.1. The highest BCUT2D eigenvalue weighted by atomic mass is 16.5. The van der Waals surface area contributed by atoms with Crippen molar-refractivity contribution in [1.29, 1.82) is 0 Å². The minimum atomic E-state index is -0.577. The van der Waals surface area contributed by atoms with E-state index in [9.17, 15) is 9.59 Å². The van der Waals surface area contributed by atoms with Gasteiger partial charge in [-0.3, -0.25) is 9.59 Å². The normalized spacial score (nSPS) is 11.5. The van der Waals surface area contributed by atoms with Gasteiger partial charge < -0.3 is 19.7 Å². The number of rotatable bonds is 10. The Morgan fingerprint density at radius 1 is 1.03 bits per heavy atom. The second-order valence-corrected chi connectivity index (χ2v) is 7.30. The summed E-state index contributed by atoms with van der Waals surface area (Å²) in [6.45, 7) is 8.40. The summed E-state index contributed by atoms with van der Waals surface area (Å²) in [7, 11) is 1.60. The molecule has 0 aliphatic rings. The predicted octanol–water partition coefficient (Wildman–Crippen LogP) is 3.63. The Kier molecular flexibility index (Phi) is 8.71. The van der Waals surface area contributed by atoms with Crippen molar-refractivity contribution in [1.82, 2.24) is 10.2 Å². The lowest BCUT2D eigenvalue weighted by molar-refractivity contribution is -0.142. The van der Waals surface area contributed by atoms with Crippen LogP contribution in [0.15, 0.2) is 42.5 Å². The quantitative estimate of drug-likeness (QED) is 0.647. The molecule has 162 valence electrons. The molecule has 0 heterocycles. The zero-order valence-corrected chi connectivity index (χ0v) is 18.5. The number of nitrogens with zero attached hydrogens (tertiary/aromatic N) is 1. The third kappa shape index (κ3) is 6.51. The van der Waals surface area contributed by atoms with E-state index in [1.807, 2.05) is 70.2 Å². The van der Waals surface area contributed by atoms with E-state index in [0.29, 0.717) is 31.0 Å². The van der Waals surface area contributed by atoms with E-state index < -0.39 is 6.04 Å². The second kappa shape index (κ2) is 11.2. The van der Waals surface area contributed by atoms with Crippen LogP contribution in [0.4, 0.5) is 0 Å². The molecular weight excluding hydrogens is 380 g/mol. The van der Waals surface area contributed by atoms with Crippen molar-refractivity contribution in [3.8, 4) is 11.5 Å². The summed E-state index contributed by atoms with van der Waals surface area (Å²) in [5, 5.41) is 2.83. The fourth-order valence-corrected chi connectivity index (χ4v) is 3.42. The molecule has 30 heavy (non-hydrogen) atoms. The monoisotopic (exact) mass is 412 g/mol. The van der Waals surface area contributed by atoms with Crippen LogP contribution in [0.2, 0.25) is 0 Å². The van der Waals surface area contributed by atoms with Gasteiger partial charge in [-0.15, -0.1) is 0 Å². The molecule has 1 atom stereocenters. The van der Waals surface area contributed by atoms with E-state index in [4.69, 9.17) is 9.47 Å². The first-order chi connectivity index (χ1) is 14.4. The van der Waals surface area contributed by atoms with Gasteiger partial charge in [0.05, 0.1) is 7.11 Å². The van der Waals surface area contributed by atoms with Crippen LogP contribution in [0, 0.1) is 13.8 Å². The number of likely N-dealkylation sites (N-methyl/N-ethyl adjacent to an activating group) is 1. The zero-order valence-electron chi connectivity index (χ0n) is 18.5. The summed E-state index contributed by atoms with van der Waals surface area (Å²) in [6.07, 6.45) is 0.505. The smallest absolute Gasteiger partial charge is 0.261 e. The fraction of sp³-hybridized carbons (Fsp3) is 0.417. The number of amides is 2. The van der Waals surface area contributed by atoms with Gasteiger partial charge in [0.25, 0.3) is 5.91 Å². The maximum Gasteiger partial charge on any atom is 0.261 e. The lowest BCUT2D eigenvalue weighted by Gasteiger charge is -2.30. The number of hydrogen-bond donors (Lipinski definition) is 1. The average Bonchev–Trinajstić information content (AvgIpc) is 2.71. The van der Waals surface area contributed by atoms with Crippen molar-refractivity contribution < 1.29 is 19.1 Å². The number of carbonyl (C=O) groups excluding carboxylic acids is 2. The van der Waals surface area contributed by atoms with Crippen molar-refractivity contribution in [2.45, 2.75) is 46.7 Å². The van der Waals surface area contributed by atoms with Crippen LogP contribution in [0.25, 0.3) is 0 Å². The van der Waals surface area contributed by atoms with Crippen LogP contribution < -0.4 is 14.8 Å². The van der Waals surface area contributed by atoms with Gasteiger partial charge in [-0.25, -0.2) is 0 Å². The number of benzene rings is 2. The third-order valence-electron chi connectivity index (χ3n) is 4.78. The SMILES string of the molecule is CCNC(=O)[C@@H](CC)N(Cc1cccc(OC)c1)C(=O)COc1cc(C)cc(C)c1. The molecule has 6 heteroatoms. The van der Waals surface area contributed by atoms with E-state index in [0.717, 1.165) is 16.7 Å². The van der Waals surface area contributed by atoms with Crippen molar-refractivity contribution in [2.75, 3.05) is 20.3 Å². The molecule has 2 rings (SSSR count). The summed E-state index contributed by atoms with van der Waals surface area (Å²) in [4.78, 5) is 27.4. The fourth-order valence-electron chi connectivity index (χ4n) is 3.42. The van der Waals surface area contributed by atoms with E-state index in [1.54, 1.807) is 12.0 Å². The Morgan fingerprint density at radius 3 is 2.33 bits per heavy atom. The van der Waals surface area contributed by atoms with Crippen LogP contribution >= 0.6 is 0 Å². The van der Waals surface area contributed by atoms with E-state index in [-0.39, 0.29) is 18.4 Å². The lowest BCUT2D eigenvalue weighted by Crippen LogP contribution is -2.50. The van der Waals surface area contributed by atoms with Crippen LogP contribution in [-0.2, 0) is 16.1 Å². The molecule has 6 nitrogen and oxygen atoms in total. The Labute approximate surface area is 179 Å². The van der Waals surface area contributed by atoms with Gasteiger partial charge in [0, 0.05) is 13.1 Å². The Balaban J connectivity index is 2.23. The van der Waals surface area contributed by atoms with Gasteiger partial charge in [0.2, 0.25) is 5.91 Å². The largest absolute Gasteiger partial charge is 0.497 e. The number of aryl methyl sites for hydroxylation is 2. The number of nitrogens with one attached hydrogen (secondary N) is 1. The van der Waals surface area contributed by atoms with Crippen LogP contribution in [-0.4, -0.2) is 43.0 Å². The van der Waals surface area contributed by atoms with Crippen molar-refractivity contribution in [3.63, 3.8) is 0 Å². The molecule has 0 unspecified atom stereocenters. The topological polar surface area (TPSA) is 67.9 Å². The summed E-state index contributed by atoms with van der Waals surface area (Å²) in [5.74, 6) is 0.948. The van der Waals surface area contributed by atoms with Gasteiger partial charge in [0.15, 0.2) is 6.61 Å². The Hall–Kier alpha value is -3.02. The predicted molar refractivity (Wildman–Crippen MR) is 118 cm³/mol. The molecule has 0 aliphatic carbocycles. The first-order valence-electron chi connectivity index (χ1n) is 10.3. The van der Waals surface area contributed by atoms with Gasteiger partial charge in [-0.05, 0) is 68.1 Å².